The van der Waals surface area contributed by atoms with Crippen LogP contribution in [0.2, 0.25) is 5.02 Å². The van der Waals surface area contributed by atoms with E-state index in [2.05, 4.69) is 31.9 Å². The zero-order valence-electron chi connectivity index (χ0n) is 11.0. The second-order valence-electron chi connectivity index (χ2n) is 4.88. The number of hydrogen-bond acceptors (Lipinski definition) is 2. The molecule has 0 N–H and O–H groups in total. The van der Waals surface area contributed by atoms with Crippen molar-refractivity contribution in [3.05, 3.63) is 61.0 Å². The molecule has 2 aromatic carbocycles. The van der Waals surface area contributed by atoms with Gasteiger partial charge >= 0.3 is 0 Å². The van der Waals surface area contributed by atoms with Crippen molar-refractivity contribution >= 4 is 49.2 Å². The van der Waals surface area contributed by atoms with E-state index in [4.69, 9.17) is 16.3 Å². The summed E-state index contributed by atoms with van der Waals surface area (Å²) in [5, 5.41) is 0.650. The van der Waals surface area contributed by atoms with Gasteiger partial charge in [0, 0.05) is 37.9 Å². The van der Waals surface area contributed by atoms with Crippen molar-refractivity contribution in [1.29, 1.82) is 0 Å². The molecule has 0 atom stereocenters. The van der Waals surface area contributed by atoms with Crippen molar-refractivity contribution in [1.82, 2.24) is 0 Å². The van der Waals surface area contributed by atoms with Gasteiger partial charge in [0.05, 0.1) is 6.61 Å². The van der Waals surface area contributed by atoms with Gasteiger partial charge in [-0.3, -0.25) is 4.79 Å². The molecule has 0 bridgehead atoms. The van der Waals surface area contributed by atoms with E-state index in [1.54, 1.807) is 0 Å². The summed E-state index contributed by atoms with van der Waals surface area (Å²) in [6, 6.07) is 9.26. The van der Waals surface area contributed by atoms with E-state index in [0.29, 0.717) is 17.2 Å². The maximum absolute atomic E-state index is 12.5. The normalized spacial score (nSPS) is 12.9. The standard InChI is InChI=1S/C16H11Br2ClO2/c17-11-1-2-13(14(18)8-11)15(20)7-10-6-12(19)5-9-3-4-21-16(9)10/h1-2,5-6,8H,3-4,7H2. The second kappa shape index (κ2) is 6.11. The average molecular weight is 431 g/mol. The summed E-state index contributed by atoms with van der Waals surface area (Å²) in [6.07, 6.45) is 1.13. The smallest absolute Gasteiger partial charge is 0.168 e. The number of carbonyl (C=O) groups excluding carboxylic acids is 1. The predicted molar refractivity (Wildman–Crippen MR) is 90.5 cm³/mol. The van der Waals surface area contributed by atoms with Gasteiger partial charge in [-0.15, -0.1) is 0 Å². The van der Waals surface area contributed by atoms with Gasteiger partial charge in [0.1, 0.15) is 5.75 Å². The van der Waals surface area contributed by atoms with E-state index in [1.807, 2.05) is 30.3 Å². The molecule has 0 aliphatic carbocycles. The number of hydrogen-bond donors (Lipinski definition) is 0. The fraction of sp³-hybridized carbons (Fsp3) is 0.188. The van der Waals surface area contributed by atoms with E-state index in [9.17, 15) is 4.79 Å². The number of rotatable bonds is 3. The number of carbonyl (C=O) groups is 1. The monoisotopic (exact) mass is 428 g/mol. The average Bonchev–Trinajstić information content (AvgIpc) is 2.86. The third kappa shape index (κ3) is 3.17. The minimum Gasteiger partial charge on any atom is -0.493 e. The third-order valence-corrected chi connectivity index (χ3v) is 4.78. The lowest BCUT2D eigenvalue weighted by Gasteiger charge is -2.09. The van der Waals surface area contributed by atoms with Crippen molar-refractivity contribution in [2.24, 2.45) is 0 Å². The topological polar surface area (TPSA) is 26.3 Å². The number of ketones is 1. The molecule has 0 spiro atoms. The van der Waals surface area contributed by atoms with Crippen LogP contribution in [0.1, 0.15) is 21.5 Å². The fourth-order valence-electron chi connectivity index (χ4n) is 2.46. The molecule has 1 aliphatic rings. The summed E-state index contributed by atoms with van der Waals surface area (Å²) in [5.74, 6) is 0.857. The first-order chi connectivity index (χ1) is 10.0. The Hall–Kier alpha value is -0.840. The molecule has 0 aromatic heterocycles. The lowest BCUT2D eigenvalue weighted by molar-refractivity contribution is 0.0991. The van der Waals surface area contributed by atoms with Crippen LogP contribution in [0, 0.1) is 0 Å². The highest BCUT2D eigenvalue weighted by Crippen LogP contribution is 2.34. The molecular formula is C16H11Br2ClO2. The molecule has 2 nitrogen and oxygen atoms in total. The van der Waals surface area contributed by atoms with Gasteiger partial charge in [-0.05, 0) is 35.9 Å². The maximum Gasteiger partial charge on any atom is 0.168 e. The molecule has 5 heteroatoms. The Balaban J connectivity index is 1.92. The van der Waals surface area contributed by atoms with Gasteiger partial charge in [-0.1, -0.05) is 43.5 Å². The first-order valence-corrected chi connectivity index (χ1v) is 8.43. The van der Waals surface area contributed by atoms with Crippen LogP contribution in [-0.4, -0.2) is 12.4 Å². The Morgan fingerprint density at radius 1 is 1.24 bits per heavy atom. The predicted octanol–water partition coefficient (Wildman–Crippen LogP) is 5.23. The van der Waals surface area contributed by atoms with E-state index >= 15 is 0 Å². The summed E-state index contributed by atoms with van der Waals surface area (Å²) in [5.41, 5.74) is 2.60. The van der Waals surface area contributed by atoms with E-state index in [1.165, 1.54) is 0 Å². The SMILES string of the molecule is O=C(Cc1cc(Cl)cc2c1OCC2)c1ccc(Br)cc1Br. The molecule has 1 heterocycles. The van der Waals surface area contributed by atoms with Crippen molar-refractivity contribution in [2.75, 3.05) is 6.61 Å². The van der Waals surface area contributed by atoms with E-state index in [0.717, 1.165) is 32.2 Å². The van der Waals surface area contributed by atoms with Gasteiger partial charge in [0.2, 0.25) is 0 Å². The number of benzene rings is 2. The van der Waals surface area contributed by atoms with Crippen LogP contribution < -0.4 is 4.74 Å². The number of halogens is 3. The van der Waals surface area contributed by atoms with Crippen molar-refractivity contribution in [2.45, 2.75) is 12.8 Å². The van der Waals surface area contributed by atoms with Crippen LogP contribution in [0.3, 0.4) is 0 Å². The molecule has 108 valence electrons. The summed E-state index contributed by atoms with van der Waals surface area (Å²) in [6.45, 7) is 0.652. The number of Topliss-reactive ketones (excluding diaryl/α,β-unsaturated/α-hetero) is 1. The molecular weight excluding hydrogens is 419 g/mol. The highest BCUT2D eigenvalue weighted by molar-refractivity contribution is 9.11. The van der Waals surface area contributed by atoms with Crippen LogP contribution >= 0.6 is 43.5 Å². The lowest BCUT2D eigenvalue weighted by Crippen LogP contribution is -2.06. The first-order valence-electron chi connectivity index (χ1n) is 6.47. The minimum absolute atomic E-state index is 0.0364. The summed E-state index contributed by atoms with van der Waals surface area (Å²) in [7, 11) is 0. The van der Waals surface area contributed by atoms with Crippen LogP contribution in [0.15, 0.2) is 39.3 Å². The van der Waals surface area contributed by atoms with E-state index < -0.39 is 0 Å². The Morgan fingerprint density at radius 3 is 2.81 bits per heavy atom. The molecule has 0 saturated heterocycles. The second-order valence-corrected chi connectivity index (χ2v) is 7.08. The molecule has 0 amide bonds. The lowest BCUT2D eigenvalue weighted by atomic mass is 10.00. The molecule has 2 aromatic rings. The molecule has 0 saturated carbocycles. The fourth-order valence-corrected chi connectivity index (χ4v) is 3.99. The summed E-state index contributed by atoms with van der Waals surface area (Å²) in [4.78, 5) is 12.5. The molecule has 0 radical (unpaired) electrons. The molecule has 0 unspecified atom stereocenters. The molecule has 21 heavy (non-hydrogen) atoms. The van der Waals surface area contributed by atoms with Crippen molar-refractivity contribution in [3.8, 4) is 5.75 Å². The molecule has 0 fully saturated rings. The van der Waals surface area contributed by atoms with Crippen LogP contribution in [0.25, 0.3) is 0 Å². The zero-order valence-corrected chi connectivity index (χ0v) is 14.9. The van der Waals surface area contributed by atoms with Gasteiger partial charge in [-0.2, -0.15) is 0 Å². The summed E-state index contributed by atoms with van der Waals surface area (Å²) < 4.78 is 7.35. The number of fused-ring (bicyclic) bond motifs is 1. The van der Waals surface area contributed by atoms with Crippen LogP contribution in [0.4, 0.5) is 0 Å². The third-order valence-electron chi connectivity index (χ3n) is 3.41. The Morgan fingerprint density at radius 2 is 2.05 bits per heavy atom. The van der Waals surface area contributed by atoms with Gasteiger partial charge < -0.3 is 4.74 Å². The van der Waals surface area contributed by atoms with Crippen LogP contribution in [0.5, 0.6) is 5.75 Å². The zero-order chi connectivity index (χ0) is 15.0. The molecule has 1 aliphatic heterocycles. The van der Waals surface area contributed by atoms with Crippen LogP contribution in [-0.2, 0) is 12.8 Å². The quantitative estimate of drug-likeness (QED) is 0.624. The first kappa shape index (κ1) is 15.1. The van der Waals surface area contributed by atoms with Gasteiger partial charge in [-0.25, -0.2) is 0 Å². The minimum atomic E-state index is 0.0364. The maximum atomic E-state index is 12.5. The van der Waals surface area contributed by atoms with Crippen molar-refractivity contribution in [3.63, 3.8) is 0 Å². The highest BCUT2D eigenvalue weighted by Gasteiger charge is 2.20. The van der Waals surface area contributed by atoms with Gasteiger partial charge in [0.15, 0.2) is 5.78 Å². The van der Waals surface area contributed by atoms with E-state index in [-0.39, 0.29) is 12.2 Å². The summed E-state index contributed by atoms with van der Waals surface area (Å²) >= 11 is 12.9. The number of ether oxygens (including phenoxy) is 1. The Labute approximate surface area is 144 Å². The Kier molecular flexibility index (Phi) is 4.38. The van der Waals surface area contributed by atoms with Crippen molar-refractivity contribution < 1.29 is 9.53 Å². The van der Waals surface area contributed by atoms with Gasteiger partial charge in [0.25, 0.3) is 0 Å². The Bertz CT molecular complexity index is 728. The highest BCUT2D eigenvalue weighted by atomic mass is 79.9. The molecule has 3 rings (SSSR count). The largest absolute Gasteiger partial charge is 0.493 e.